The summed E-state index contributed by atoms with van der Waals surface area (Å²) in [5, 5.41) is 0. The Balaban J connectivity index is 2.05. The molecular weight excluding hydrogens is 232 g/mol. The van der Waals surface area contributed by atoms with Crippen LogP contribution in [0.2, 0.25) is 0 Å². The van der Waals surface area contributed by atoms with Crippen molar-refractivity contribution < 1.29 is 4.79 Å². The zero-order chi connectivity index (χ0) is 14.3. The highest BCUT2D eigenvalue weighted by Crippen LogP contribution is 2.50. The van der Waals surface area contributed by atoms with Gasteiger partial charge in [-0.2, -0.15) is 0 Å². The van der Waals surface area contributed by atoms with Crippen LogP contribution in [0, 0.1) is 28.6 Å². The number of Topliss-reactive ketones (excluding diaryl/α,β-unsaturated/α-hetero) is 1. The Morgan fingerprint density at radius 2 is 1.68 bits per heavy atom. The van der Waals surface area contributed by atoms with Gasteiger partial charge in [0.2, 0.25) is 0 Å². The van der Waals surface area contributed by atoms with Crippen LogP contribution in [0.4, 0.5) is 0 Å². The Bertz CT molecular complexity index is 334. The molecule has 19 heavy (non-hydrogen) atoms. The van der Waals surface area contributed by atoms with Crippen LogP contribution in [0.25, 0.3) is 0 Å². The van der Waals surface area contributed by atoms with Crippen LogP contribution < -0.4 is 0 Å². The Morgan fingerprint density at radius 1 is 1.00 bits per heavy atom. The molecule has 3 unspecified atom stereocenters. The maximum atomic E-state index is 12.1. The molecule has 0 aliphatic heterocycles. The lowest BCUT2D eigenvalue weighted by molar-refractivity contribution is -0.124. The highest BCUT2D eigenvalue weighted by molar-refractivity contribution is 5.83. The summed E-state index contributed by atoms with van der Waals surface area (Å²) in [6.45, 7) is 11.9. The first-order valence-electron chi connectivity index (χ1n) is 8.24. The van der Waals surface area contributed by atoms with Gasteiger partial charge in [-0.05, 0) is 48.3 Å². The zero-order valence-corrected chi connectivity index (χ0v) is 13.6. The second-order valence-electron chi connectivity index (χ2n) is 8.77. The van der Waals surface area contributed by atoms with Gasteiger partial charge in [0.05, 0.1) is 0 Å². The van der Waals surface area contributed by atoms with Crippen LogP contribution in [0.1, 0.15) is 79.6 Å². The Morgan fingerprint density at radius 3 is 2.21 bits per heavy atom. The van der Waals surface area contributed by atoms with Gasteiger partial charge in [0, 0.05) is 12.3 Å². The van der Waals surface area contributed by atoms with E-state index in [-0.39, 0.29) is 5.41 Å². The molecular formula is C18H32O. The molecule has 0 bridgehead atoms. The van der Waals surface area contributed by atoms with Crippen molar-refractivity contribution in [2.24, 2.45) is 28.6 Å². The minimum Gasteiger partial charge on any atom is -0.299 e. The molecule has 0 amide bonds. The van der Waals surface area contributed by atoms with Crippen LogP contribution in [0.5, 0.6) is 0 Å². The summed E-state index contributed by atoms with van der Waals surface area (Å²) in [6, 6.07) is 0. The Hall–Kier alpha value is -0.330. The molecule has 1 nitrogen and oxygen atoms in total. The van der Waals surface area contributed by atoms with E-state index < -0.39 is 0 Å². The predicted octanol–water partition coefficient (Wildman–Crippen LogP) is 5.23. The maximum absolute atomic E-state index is 12.1. The fourth-order valence-electron chi connectivity index (χ4n) is 4.88. The summed E-state index contributed by atoms with van der Waals surface area (Å²) in [6.07, 6.45) is 8.52. The molecule has 2 aliphatic rings. The quantitative estimate of drug-likeness (QED) is 0.681. The van der Waals surface area contributed by atoms with Crippen molar-refractivity contribution in [3.8, 4) is 0 Å². The van der Waals surface area contributed by atoms with E-state index in [1.165, 1.54) is 25.7 Å². The Kier molecular flexibility index (Phi) is 4.14. The third-order valence-corrected chi connectivity index (χ3v) is 5.81. The van der Waals surface area contributed by atoms with Crippen molar-refractivity contribution in [3.63, 3.8) is 0 Å². The number of carbonyl (C=O) groups excluding carboxylic acids is 1. The zero-order valence-electron chi connectivity index (χ0n) is 13.6. The monoisotopic (exact) mass is 264 g/mol. The van der Waals surface area contributed by atoms with Gasteiger partial charge >= 0.3 is 0 Å². The van der Waals surface area contributed by atoms with Crippen molar-refractivity contribution in [3.05, 3.63) is 0 Å². The smallest absolute Gasteiger partial charge is 0.136 e. The summed E-state index contributed by atoms with van der Waals surface area (Å²) in [5.41, 5.74) is 0.642. The Labute approximate surface area is 119 Å². The molecule has 3 atom stereocenters. The molecule has 0 heterocycles. The molecule has 2 rings (SSSR count). The number of hydrogen-bond donors (Lipinski definition) is 0. The average Bonchev–Trinajstić information content (AvgIpc) is 2.84. The molecule has 0 saturated heterocycles. The first-order valence-corrected chi connectivity index (χ1v) is 8.24. The van der Waals surface area contributed by atoms with E-state index in [1.54, 1.807) is 0 Å². The largest absolute Gasteiger partial charge is 0.299 e. The second-order valence-corrected chi connectivity index (χ2v) is 8.77. The first-order chi connectivity index (χ1) is 8.72. The van der Waals surface area contributed by atoms with Crippen molar-refractivity contribution >= 4 is 5.78 Å². The van der Waals surface area contributed by atoms with Crippen molar-refractivity contribution in [1.82, 2.24) is 0 Å². The fourth-order valence-corrected chi connectivity index (χ4v) is 4.88. The fraction of sp³-hybridized carbons (Fsp3) is 0.944. The van der Waals surface area contributed by atoms with Crippen LogP contribution in [0.15, 0.2) is 0 Å². The van der Waals surface area contributed by atoms with Crippen LogP contribution in [0.3, 0.4) is 0 Å². The maximum Gasteiger partial charge on any atom is 0.136 e. The topological polar surface area (TPSA) is 17.1 Å². The SMILES string of the molecule is CC(C)(C)C1CCCC1CC(C)(C)C1CCCC1=O. The first kappa shape index (κ1) is 15.1. The molecule has 0 aromatic rings. The van der Waals surface area contributed by atoms with Gasteiger partial charge in [-0.3, -0.25) is 4.79 Å². The van der Waals surface area contributed by atoms with Gasteiger partial charge < -0.3 is 0 Å². The summed E-state index contributed by atoms with van der Waals surface area (Å²) in [4.78, 5) is 12.1. The van der Waals surface area contributed by atoms with E-state index in [4.69, 9.17) is 0 Å². The second kappa shape index (κ2) is 5.22. The van der Waals surface area contributed by atoms with Crippen LogP contribution in [-0.4, -0.2) is 5.78 Å². The lowest BCUT2D eigenvalue weighted by Crippen LogP contribution is -2.33. The highest BCUT2D eigenvalue weighted by Gasteiger charge is 2.43. The minimum absolute atomic E-state index is 0.214. The standard InChI is InChI=1S/C18H32O/c1-17(2,3)14-9-6-8-13(14)12-18(4,5)15-10-7-11-16(15)19/h13-15H,6-12H2,1-5H3. The average molecular weight is 264 g/mol. The van der Waals surface area contributed by atoms with Gasteiger partial charge in [-0.15, -0.1) is 0 Å². The van der Waals surface area contributed by atoms with Crippen LogP contribution in [-0.2, 0) is 4.79 Å². The minimum atomic E-state index is 0.214. The van der Waals surface area contributed by atoms with E-state index in [1.807, 2.05) is 0 Å². The van der Waals surface area contributed by atoms with Gasteiger partial charge in [-0.25, -0.2) is 0 Å². The lowest BCUT2D eigenvalue weighted by atomic mass is 9.66. The van der Waals surface area contributed by atoms with E-state index in [0.29, 0.717) is 17.1 Å². The van der Waals surface area contributed by atoms with E-state index in [2.05, 4.69) is 34.6 Å². The molecule has 0 aromatic carbocycles. The number of ketones is 1. The molecule has 0 aromatic heterocycles. The predicted molar refractivity (Wildman–Crippen MR) is 81.0 cm³/mol. The van der Waals surface area contributed by atoms with Gasteiger partial charge in [0.15, 0.2) is 0 Å². The molecule has 0 N–H and O–H groups in total. The summed E-state index contributed by atoms with van der Waals surface area (Å²) in [7, 11) is 0. The third-order valence-electron chi connectivity index (χ3n) is 5.81. The molecule has 0 spiro atoms. The lowest BCUT2D eigenvalue weighted by Gasteiger charge is -2.39. The van der Waals surface area contributed by atoms with Crippen molar-refractivity contribution in [2.75, 3.05) is 0 Å². The van der Waals surface area contributed by atoms with E-state index in [9.17, 15) is 4.79 Å². The molecule has 1 heteroatoms. The van der Waals surface area contributed by atoms with E-state index >= 15 is 0 Å². The normalized spacial score (nSPS) is 33.1. The van der Waals surface area contributed by atoms with E-state index in [0.717, 1.165) is 31.1 Å². The van der Waals surface area contributed by atoms with Gasteiger partial charge in [0.1, 0.15) is 5.78 Å². The molecule has 2 saturated carbocycles. The van der Waals surface area contributed by atoms with Gasteiger partial charge in [-0.1, -0.05) is 47.5 Å². The summed E-state index contributed by atoms with van der Waals surface area (Å²) >= 11 is 0. The molecule has 110 valence electrons. The van der Waals surface area contributed by atoms with Crippen molar-refractivity contribution in [1.29, 1.82) is 0 Å². The third kappa shape index (κ3) is 3.23. The van der Waals surface area contributed by atoms with Gasteiger partial charge in [0.25, 0.3) is 0 Å². The highest BCUT2D eigenvalue weighted by atomic mass is 16.1. The van der Waals surface area contributed by atoms with Crippen LogP contribution >= 0.6 is 0 Å². The molecule has 0 radical (unpaired) electrons. The molecule has 2 fully saturated rings. The number of rotatable bonds is 3. The summed E-state index contributed by atoms with van der Waals surface area (Å²) < 4.78 is 0. The molecule has 2 aliphatic carbocycles. The van der Waals surface area contributed by atoms with Crippen molar-refractivity contribution in [2.45, 2.75) is 79.6 Å². The number of hydrogen-bond acceptors (Lipinski definition) is 1. The number of carbonyl (C=O) groups is 1. The summed E-state index contributed by atoms with van der Waals surface area (Å²) in [5.74, 6) is 2.57.